The summed E-state index contributed by atoms with van der Waals surface area (Å²) in [6.07, 6.45) is -6.61. The molecule has 0 fully saturated rings. The molecule has 26 heavy (non-hydrogen) atoms. The van der Waals surface area contributed by atoms with E-state index >= 15 is 0 Å². The summed E-state index contributed by atoms with van der Waals surface area (Å²) < 4.78 is 49.8. The number of aliphatic carboxylic acids is 1. The molecule has 0 aromatic heterocycles. The van der Waals surface area contributed by atoms with Crippen molar-refractivity contribution in [1.82, 2.24) is 0 Å². The molecule has 0 radical (unpaired) electrons. The molecule has 1 heterocycles. The van der Waals surface area contributed by atoms with E-state index in [4.69, 9.17) is 37.8 Å². The number of benzene rings is 2. The zero-order valence-corrected chi connectivity index (χ0v) is 14.2. The maximum Gasteiger partial charge on any atom is 0.430 e. The quantitative estimate of drug-likeness (QED) is 0.725. The third kappa shape index (κ3) is 3.59. The summed E-state index contributed by atoms with van der Waals surface area (Å²) in [5.41, 5.74) is -0.833. The van der Waals surface area contributed by atoms with Crippen molar-refractivity contribution >= 4 is 35.2 Å². The summed E-state index contributed by atoms with van der Waals surface area (Å²) in [6.45, 7) is 0. The molecule has 1 N–H and O–H groups in total. The van der Waals surface area contributed by atoms with Gasteiger partial charge in [0.15, 0.2) is 0 Å². The zero-order valence-electron chi connectivity index (χ0n) is 12.7. The molecule has 1 atom stereocenters. The van der Waals surface area contributed by atoms with Crippen molar-refractivity contribution in [3.05, 3.63) is 57.6 Å². The van der Waals surface area contributed by atoms with E-state index in [-0.39, 0.29) is 32.9 Å². The number of halogens is 5. The maximum atomic E-state index is 13.1. The number of rotatable bonds is 3. The maximum absolute atomic E-state index is 13.1. The summed E-state index contributed by atoms with van der Waals surface area (Å²) >= 11 is 12.1. The van der Waals surface area contributed by atoms with E-state index in [1.165, 1.54) is 6.07 Å². The van der Waals surface area contributed by atoms with Gasteiger partial charge in [-0.05, 0) is 24.3 Å². The molecule has 1 unspecified atom stereocenters. The number of alkyl halides is 3. The highest BCUT2D eigenvalue weighted by Gasteiger charge is 2.48. The molecule has 0 amide bonds. The molecule has 4 nitrogen and oxygen atoms in total. The average Bonchev–Trinajstić information content (AvgIpc) is 2.55. The number of ether oxygens (including phenoxy) is 2. The number of hydrogen-bond acceptors (Lipinski definition) is 3. The molecule has 1 aliphatic rings. The van der Waals surface area contributed by atoms with Gasteiger partial charge in [0.25, 0.3) is 0 Å². The van der Waals surface area contributed by atoms with Crippen molar-refractivity contribution in [2.75, 3.05) is 0 Å². The Morgan fingerprint density at radius 1 is 1.12 bits per heavy atom. The van der Waals surface area contributed by atoms with Crippen LogP contribution in [0.1, 0.15) is 5.56 Å². The largest absolute Gasteiger partial charge is 0.478 e. The number of para-hydroxylation sites is 1. The SMILES string of the molecule is O=C(O)C1=Cc2cc(Cl)c(Oc3ccccc3Cl)cc2OC1C(F)(F)F. The second-order valence-electron chi connectivity index (χ2n) is 5.30. The fourth-order valence-electron chi connectivity index (χ4n) is 2.34. The fourth-order valence-corrected chi connectivity index (χ4v) is 2.72. The normalized spacial score (nSPS) is 16.3. The first kappa shape index (κ1) is 18.4. The highest BCUT2D eigenvalue weighted by atomic mass is 35.5. The van der Waals surface area contributed by atoms with Gasteiger partial charge in [-0.25, -0.2) is 4.79 Å². The molecule has 0 saturated carbocycles. The summed E-state index contributed by atoms with van der Waals surface area (Å²) in [7, 11) is 0. The Bertz CT molecular complexity index is 909. The lowest BCUT2D eigenvalue weighted by atomic mass is 10.0. The van der Waals surface area contributed by atoms with Crippen LogP contribution in [0.4, 0.5) is 13.2 Å². The first-order chi connectivity index (χ1) is 12.2. The van der Waals surface area contributed by atoms with Crippen molar-refractivity contribution in [2.45, 2.75) is 12.3 Å². The lowest BCUT2D eigenvalue weighted by molar-refractivity contribution is -0.187. The third-order valence-electron chi connectivity index (χ3n) is 3.50. The summed E-state index contributed by atoms with van der Waals surface area (Å²) in [5.74, 6) is -1.66. The minimum absolute atomic E-state index is 0.0200. The van der Waals surface area contributed by atoms with Crippen LogP contribution in [0.2, 0.25) is 10.0 Å². The highest BCUT2D eigenvalue weighted by molar-refractivity contribution is 6.33. The van der Waals surface area contributed by atoms with Crippen LogP contribution < -0.4 is 9.47 Å². The number of carbonyl (C=O) groups is 1. The Balaban J connectivity index is 2.03. The number of hydrogen-bond donors (Lipinski definition) is 1. The predicted octanol–water partition coefficient (Wildman–Crippen LogP) is 5.58. The van der Waals surface area contributed by atoms with Crippen LogP contribution in [0.5, 0.6) is 17.2 Å². The first-order valence-corrected chi connectivity index (χ1v) is 7.86. The summed E-state index contributed by atoms with van der Waals surface area (Å²) in [4.78, 5) is 11.1. The lowest BCUT2D eigenvalue weighted by Crippen LogP contribution is -2.40. The minimum atomic E-state index is -4.90. The molecular formula is C17H9Cl2F3O4. The van der Waals surface area contributed by atoms with Crippen LogP contribution >= 0.6 is 23.2 Å². The molecule has 0 bridgehead atoms. The van der Waals surface area contributed by atoms with E-state index in [2.05, 4.69) is 0 Å². The molecule has 1 aliphatic heterocycles. The van der Waals surface area contributed by atoms with Crippen LogP contribution in [0.15, 0.2) is 42.0 Å². The molecule has 0 aliphatic carbocycles. The van der Waals surface area contributed by atoms with E-state index in [1.54, 1.807) is 24.3 Å². The van der Waals surface area contributed by atoms with Crippen molar-refractivity contribution in [3.8, 4) is 17.2 Å². The number of carboxylic acids is 1. The average molecular weight is 405 g/mol. The Labute approximate surface area is 155 Å². The first-order valence-electron chi connectivity index (χ1n) is 7.11. The molecule has 2 aromatic carbocycles. The molecule has 136 valence electrons. The molecule has 0 saturated heterocycles. The van der Waals surface area contributed by atoms with Gasteiger partial charge in [-0.1, -0.05) is 35.3 Å². The minimum Gasteiger partial charge on any atom is -0.478 e. The molecule has 9 heteroatoms. The number of fused-ring (bicyclic) bond motifs is 1. The van der Waals surface area contributed by atoms with Gasteiger partial charge >= 0.3 is 12.1 Å². The van der Waals surface area contributed by atoms with Crippen LogP contribution in [0.25, 0.3) is 6.08 Å². The Morgan fingerprint density at radius 2 is 1.81 bits per heavy atom. The van der Waals surface area contributed by atoms with Gasteiger partial charge in [-0.2, -0.15) is 13.2 Å². The molecular weight excluding hydrogens is 396 g/mol. The van der Waals surface area contributed by atoms with Crippen LogP contribution in [0.3, 0.4) is 0 Å². The topological polar surface area (TPSA) is 55.8 Å². The van der Waals surface area contributed by atoms with E-state index in [0.717, 1.165) is 12.1 Å². The second-order valence-corrected chi connectivity index (χ2v) is 6.11. The Morgan fingerprint density at radius 3 is 2.42 bits per heavy atom. The van der Waals surface area contributed by atoms with Crippen molar-refractivity contribution in [2.24, 2.45) is 0 Å². The summed E-state index contributed by atoms with van der Waals surface area (Å²) in [5, 5.41) is 9.36. The second kappa shape index (κ2) is 6.74. The number of carboxylic acid groups (broad SMARTS) is 1. The van der Waals surface area contributed by atoms with E-state index in [9.17, 15) is 18.0 Å². The van der Waals surface area contributed by atoms with E-state index in [0.29, 0.717) is 0 Å². The summed E-state index contributed by atoms with van der Waals surface area (Å²) in [6, 6.07) is 8.89. The van der Waals surface area contributed by atoms with Crippen LogP contribution in [0, 0.1) is 0 Å². The van der Waals surface area contributed by atoms with Gasteiger partial charge in [-0.15, -0.1) is 0 Å². The monoisotopic (exact) mass is 404 g/mol. The Hall–Kier alpha value is -2.38. The van der Waals surface area contributed by atoms with Gasteiger partial charge in [0.05, 0.1) is 15.6 Å². The van der Waals surface area contributed by atoms with Crippen molar-refractivity contribution in [1.29, 1.82) is 0 Å². The van der Waals surface area contributed by atoms with Gasteiger partial charge in [0.2, 0.25) is 6.10 Å². The van der Waals surface area contributed by atoms with Crippen molar-refractivity contribution < 1.29 is 32.5 Å². The Kier molecular flexibility index (Phi) is 4.77. The van der Waals surface area contributed by atoms with E-state index < -0.39 is 23.8 Å². The van der Waals surface area contributed by atoms with Gasteiger partial charge < -0.3 is 14.6 Å². The van der Waals surface area contributed by atoms with Gasteiger partial charge in [-0.3, -0.25) is 0 Å². The molecule has 0 spiro atoms. The smallest absolute Gasteiger partial charge is 0.430 e. The van der Waals surface area contributed by atoms with Crippen LogP contribution in [-0.4, -0.2) is 23.4 Å². The lowest BCUT2D eigenvalue weighted by Gasteiger charge is -2.27. The molecule has 3 rings (SSSR count). The van der Waals surface area contributed by atoms with Crippen molar-refractivity contribution in [3.63, 3.8) is 0 Å². The standard InChI is InChI=1S/C17H9Cl2F3O4/c18-10-3-1-2-4-12(10)25-14-7-13-8(6-11(14)19)5-9(16(23)24)15(26-13)17(20,21)22/h1-7,15H,(H,23,24). The third-order valence-corrected chi connectivity index (χ3v) is 4.11. The zero-order chi connectivity index (χ0) is 19.1. The highest BCUT2D eigenvalue weighted by Crippen LogP contribution is 2.43. The van der Waals surface area contributed by atoms with Gasteiger partial charge in [0.1, 0.15) is 17.2 Å². The van der Waals surface area contributed by atoms with Crippen LogP contribution in [-0.2, 0) is 4.79 Å². The van der Waals surface area contributed by atoms with Gasteiger partial charge in [0, 0.05) is 11.6 Å². The predicted molar refractivity (Wildman–Crippen MR) is 89.1 cm³/mol. The molecule has 2 aromatic rings. The van der Waals surface area contributed by atoms with E-state index in [1.807, 2.05) is 0 Å². The fraction of sp³-hybridized carbons (Fsp3) is 0.118.